The number of rotatable bonds is 6. The molecule has 0 N–H and O–H groups in total. The lowest BCUT2D eigenvalue weighted by Crippen LogP contribution is -2.28. The maximum atomic E-state index is 6.77. The molecule has 4 heteroatoms. The Labute approximate surface area is 347 Å². The summed E-state index contributed by atoms with van der Waals surface area (Å²) in [6.45, 7) is 0. The molecule has 0 aliphatic heterocycles. The molecule has 280 valence electrons. The van der Waals surface area contributed by atoms with Gasteiger partial charge in [-0.05, 0) is 73.5 Å². The van der Waals surface area contributed by atoms with Crippen LogP contribution in [0, 0.1) is 0 Å². The molecule has 12 rings (SSSR count). The lowest BCUT2D eigenvalue weighted by Gasteiger charge is -2.33. The molecule has 1 aliphatic rings. The van der Waals surface area contributed by atoms with Crippen molar-refractivity contribution in [2.24, 2.45) is 0 Å². The summed E-state index contributed by atoms with van der Waals surface area (Å²) < 4.78 is 6.77. The zero-order chi connectivity index (χ0) is 39.6. The van der Waals surface area contributed by atoms with Crippen molar-refractivity contribution in [3.63, 3.8) is 0 Å². The highest BCUT2D eigenvalue weighted by Crippen LogP contribution is 2.56. The van der Waals surface area contributed by atoms with Gasteiger partial charge in [-0.1, -0.05) is 194 Å². The van der Waals surface area contributed by atoms with Crippen molar-refractivity contribution < 1.29 is 4.42 Å². The maximum absolute atomic E-state index is 6.77. The van der Waals surface area contributed by atoms with Gasteiger partial charge in [0.15, 0.2) is 17.5 Å². The minimum atomic E-state index is -0.496. The van der Waals surface area contributed by atoms with Crippen LogP contribution in [-0.4, -0.2) is 15.0 Å². The summed E-state index contributed by atoms with van der Waals surface area (Å²) in [4.78, 5) is 15.0. The molecule has 0 saturated heterocycles. The van der Waals surface area contributed by atoms with E-state index in [1.807, 2.05) is 30.3 Å². The molecule has 0 saturated carbocycles. The van der Waals surface area contributed by atoms with Crippen molar-refractivity contribution in [3.8, 4) is 56.4 Å². The van der Waals surface area contributed by atoms with Crippen molar-refractivity contribution in [3.05, 3.63) is 235 Å². The number of fused-ring (bicyclic) bond motifs is 7. The average Bonchev–Trinajstić information content (AvgIpc) is 3.85. The van der Waals surface area contributed by atoms with E-state index in [1.54, 1.807) is 0 Å². The van der Waals surface area contributed by atoms with Gasteiger partial charge >= 0.3 is 0 Å². The number of hydrogen-bond acceptors (Lipinski definition) is 4. The Hall–Kier alpha value is -7.95. The van der Waals surface area contributed by atoms with Crippen molar-refractivity contribution in [1.29, 1.82) is 0 Å². The maximum Gasteiger partial charge on any atom is 0.164 e. The zero-order valence-corrected chi connectivity index (χ0v) is 32.5. The molecule has 11 aromatic rings. The van der Waals surface area contributed by atoms with Gasteiger partial charge in [-0.3, -0.25) is 0 Å². The molecule has 0 amide bonds. The Morgan fingerprint density at radius 1 is 0.333 bits per heavy atom. The number of furan rings is 1. The highest BCUT2D eigenvalue weighted by molar-refractivity contribution is 6.12. The lowest BCUT2D eigenvalue weighted by atomic mass is 9.67. The first-order valence-electron chi connectivity index (χ1n) is 20.3. The van der Waals surface area contributed by atoms with E-state index in [9.17, 15) is 0 Å². The molecule has 0 unspecified atom stereocenters. The first-order valence-corrected chi connectivity index (χ1v) is 20.3. The van der Waals surface area contributed by atoms with Gasteiger partial charge in [-0.2, -0.15) is 0 Å². The van der Waals surface area contributed by atoms with Gasteiger partial charge < -0.3 is 4.42 Å². The number of hydrogen-bond donors (Lipinski definition) is 0. The van der Waals surface area contributed by atoms with Gasteiger partial charge in [0, 0.05) is 27.5 Å². The quantitative estimate of drug-likeness (QED) is 0.169. The molecule has 0 atom stereocenters. The Balaban J connectivity index is 0.970. The second-order valence-electron chi connectivity index (χ2n) is 15.5. The molecule has 60 heavy (non-hydrogen) atoms. The van der Waals surface area contributed by atoms with Gasteiger partial charge in [0.1, 0.15) is 11.2 Å². The van der Waals surface area contributed by atoms with Gasteiger partial charge in [-0.15, -0.1) is 0 Å². The first-order chi connectivity index (χ1) is 29.7. The van der Waals surface area contributed by atoms with Gasteiger partial charge in [-0.25, -0.2) is 15.0 Å². The van der Waals surface area contributed by atoms with Crippen LogP contribution < -0.4 is 0 Å². The summed E-state index contributed by atoms with van der Waals surface area (Å²) >= 11 is 0. The van der Waals surface area contributed by atoms with Gasteiger partial charge in [0.05, 0.1) is 5.41 Å². The third-order valence-corrected chi connectivity index (χ3v) is 12.2. The highest BCUT2D eigenvalue weighted by atomic mass is 16.3. The monoisotopic (exact) mass is 765 g/mol. The van der Waals surface area contributed by atoms with Crippen LogP contribution >= 0.6 is 0 Å². The SMILES string of the molecule is c1ccc(-c2nc(-c3ccc(-c4cccc5oc6cc(C7(c8ccccc8)c8ccccc8-c8ccccc87)ccc6c45)cc3)nc(-c3ccc4ccccc4c3)n2)cc1. The first kappa shape index (κ1) is 34.1. The predicted molar refractivity (Wildman–Crippen MR) is 244 cm³/mol. The molecule has 0 radical (unpaired) electrons. The van der Waals surface area contributed by atoms with E-state index >= 15 is 0 Å². The van der Waals surface area contributed by atoms with Crippen LogP contribution in [0.3, 0.4) is 0 Å². The van der Waals surface area contributed by atoms with Crippen molar-refractivity contribution in [1.82, 2.24) is 15.0 Å². The van der Waals surface area contributed by atoms with E-state index in [0.29, 0.717) is 17.5 Å². The number of nitrogens with zero attached hydrogens (tertiary/aromatic N) is 3. The molecular formula is C56H35N3O. The Bertz CT molecular complexity index is 3380. The molecular weight excluding hydrogens is 731 g/mol. The summed E-state index contributed by atoms with van der Waals surface area (Å²) in [5.41, 5.74) is 13.7. The van der Waals surface area contributed by atoms with Gasteiger partial charge in [0.2, 0.25) is 0 Å². The molecule has 4 nitrogen and oxygen atoms in total. The van der Waals surface area contributed by atoms with E-state index < -0.39 is 5.41 Å². The fourth-order valence-corrected chi connectivity index (χ4v) is 9.49. The molecule has 1 aliphatic carbocycles. The molecule has 0 fully saturated rings. The second kappa shape index (κ2) is 13.6. The van der Waals surface area contributed by atoms with E-state index in [4.69, 9.17) is 19.4 Å². The molecule has 2 heterocycles. The Morgan fingerprint density at radius 3 is 1.60 bits per heavy atom. The minimum Gasteiger partial charge on any atom is -0.456 e. The van der Waals surface area contributed by atoms with Crippen LogP contribution in [0.2, 0.25) is 0 Å². The van der Waals surface area contributed by atoms with E-state index in [-0.39, 0.29) is 0 Å². The smallest absolute Gasteiger partial charge is 0.164 e. The largest absolute Gasteiger partial charge is 0.456 e. The molecule has 2 aromatic heterocycles. The normalized spacial score (nSPS) is 12.8. The standard InChI is InChI=1S/C56H35N3O/c1-3-15-38(16-4-1)53-57-54(59-55(58-53)41-31-26-36-14-7-8-17-40(36)34-41)39-29-27-37(28-30-39)44-22-13-25-50-52(44)47-33-32-43(35-51(47)60-50)56(42-18-5-2-6-19-42)48-23-11-9-20-45(48)46-21-10-12-24-49(46)56/h1-35H. The summed E-state index contributed by atoms with van der Waals surface area (Å²) in [7, 11) is 0. The molecule has 0 bridgehead atoms. The summed E-state index contributed by atoms with van der Waals surface area (Å²) in [5, 5.41) is 4.50. The third kappa shape index (κ3) is 5.28. The van der Waals surface area contributed by atoms with Crippen molar-refractivity contribution in [2.45, 2.75) is 5.41 Å². The second-order valence-corrected chi connectivity index (χ2v) is 15.5. The van der Waals surface area contributed by atoms with Crippen LogP contribution in [0.15, 0.2) is 217 Å². The predicted octanol–water partition coefficient (Wildman–Crippen LogP) is 14.0. The van der Waals surface area contributed by atoms with Crippen LogP contribution in [0.4, 0.5) is 0 Å². The summed E-state index contributed by atoms with van der Waals surface area (Å²) in [6, 6.07) is 75.1. The van der Waals surface area contributed by atoms with Crippen molar-refractivity contribution >= 4 is 32.7 Å². The van der Waals surface area contributed by atoms with E-state index in [0.717, 1.165) is 55.1 Å². The third-order valence-electron chi connectivity index (χ3n) is 12.2. The average molecular weight is 766 g/mol. The van der Waals surface area contributed by atoms with E-state index in [1.165, 1.54) is 38.8 Å². The van der Waals surface area contributed by atoms with Crippen LogP contribution in [0.25, 0.3) is 89.1 Å². The van der Waals surface area contributed by atoms with E-state index in [2.05, 4.69) is 182 Å². The van der Waals surface area contributed by atoms with Gasteiger partial charge in [0.25, 0.3) is 0 Å². The van der Waals surface area contributed by atoms with Crippen LogP contribution in [0.5, 0.6) is 0 Å². The zero-order valence-electron chi connectivity index (χ0n) is 32.5. The molecule has 0 spiro atoms. The lowest BCUT2D eigenvalue weighted by molar-refractivity contribution is 0.665. The fraction of sp³-hybridized carbons (Fsp3) is 0.0179. The highest BCUT2D eigenvalue weighted by Gasteiger charge is 2.46. The summed E-state index contributed by atoms with van der Waals surface area (Å²) in [6.07, 6.45) is 0. The number of aromatic nitrogens is 3. The fourth-order valence-electron chi connectivity index (χ4n) is 9.49. The number of benzene rings is 9. The Kier molecular flexibility index (Phi) is 7.72. The topological polar surface area (TPSA) is 51.8 Å². The summed E-state index contributed by atoms with van der Waals surface area (Å²) in [5.74, 6) is 1.90. The minimum absolute atomic E-state index is 0.496. The van der Waals surface area contributed by atoms with Crippen LogP contribution in [-0.2, 0) is 5.41 Å². The molecule has 9 aromatic carbocycles. The van der Waals surface area contributed by atoms with Crippen LogP contribution in [0.1, 0.15) is 22.3 Å². The van der Waals surface area contributed by atoms with Crippen molar-refractivity contribution in [2.75, 3.05) is 0 Å². The Morgan fingerprint density at radius 2 is 0.883 bits per heavy atom.